The second kappa shape index (κ2) is 5.31. The van der Waals surface area contributed by atoms with E-state index in [1.165, 1.54) is 9.95 Å². The van der Waals surface area contributed by atoms with Gasteiger partial charge in [-0.15, -0.1) is 0 Å². The van der Waals surface area contributed by atoms with Crippen LogP contribution in [0.1, 0.15) is 6.42 Å². The summed E-state index contributed by atoms with van der Waals surface area (Å²) in [6.07, 6.45) is -0.235. The third kappa shape index (κ3) is 3.05. The summed E-state index contributed by atoms with van der Waals surface area (Å²) in [5.41, 5.74) is 0.524. The number of halogens is 2. The fourth-order valence-corrected chi connectivity index (χ4v) is 2.47. The van der Waals surface area contributed by atoms with E-state index in [0.717, 1.165) is 29.5 Å². The van der Waals surface area contributed by atoms with Gasteiger partial charge in [-0.05, 0) is 12.1 Å². The van der Waals surface area contributed by atoms with E-state index < -0.39 is 17.6 Å². The number of carbonyl (C=O) groups is 1. The maximum Gasteiger partial charge on any atom is 0.307 e. The van der Waals surface area contributed by atoms with Crippen molar-refractivity contribution in [2.75, 3.05) is 0 Å². The van der Waals surface area contributed by atoms with Gasteiger partial charge in [0.2, 0.25) is 0 Å². The van der Waals surface area contributed by atoms with Crippen molar-refractivity contribution in [3.05, 3.63) is 44.9 Å². The topological polar surface area (TPSA) is 59.3 Å². The number of hydrogen-bond acceptors (Lipinski definition) is 3. The molecule has 2 aromatic rings. The molecule has 4 nitrogen and oxygen atoms in total. The first-order valence-electron chi connectivity index (χ1n) is 5.34. The molecule has 0 radical (unpaired) electrons. The van der Waals surface area contributed by atoms with Gasteiger partial charge in [0.15, 0.2) is 0 Å². The average Bonchev–Trinajstić information content (AvgIpc) is 2.66. The van der Waals surface area contributed by atoms with Gasteiger partial charge in [-0.3, -0.25) is 14.2 Å². The van der Waals surface area contributed by atoms with Gasteiger partial charge in [-0.25, -0.2) is 8.78 Å². The molecular formula is C12H9F2NO3S. The number of carboxylic acid groups (broad SMARTS) is 1. The van der Waals surface area contributed by atoms with Crippen LogP contribution < -0.4 is 4.87 Å². The Kier molecular flexibility index (Phi) is 3.75. The summed E-state index contributed by atoms with van der Waals surface area (Å²) in [7, 11) is 0. The fraction of sp³-hybridized carbons (Fsp3) is 0.167. The van der Waals surface area contributed by atoms with Gasteiger partial charge >= 0.3 is 10.8 Å². The lowest BCUT2D eigenvalue weighted by Gasteiger charge is -2.06. The normalized spacial score (nSPS) is 10.6. The van der Waals surface area contributed by atoms with Crippen molar-refractivity contribution in [2.45, 2.75) is 13.0 Å². The maximum atomic E-state index is 13.1. The van der Waals surface area contributed by atoms with Crippen molar-refractivity contribution < 1.29 is 18.7 Å². The van der Waals surface area contributed by atoms with Crippen molar-refractivity contribution in [2.24, 2.45) is 0 Å². The van der Waals surface area contributed by atoms with Gasteiger partial charge in [0.25, 0.3) is 0 Å². The molecule has 0 unspecified atom stereocenters. The molecule has 0 amide bonds. The van der Waals surface area contributed by atoms with E-state index in [9.17, 15) is 18.4 Å². The molecule has 1 heterocycles. The molecule has 1 N–H and O–H groups in total. The Morgan fingerprint density at radius 2 is 1.89 bits per heavy atom. The van der Waals surface area contributed by atoms with Crippen molar-refractivity contribution in [3.63, 3.8) is 0 Å². The zero-order valence-corrected chi connectivity index (χ0v) is 10.4. The maximum absolute atomic E-state index is 13.1. The van der Waals surface area contributed by atoms with Gasteiger partial charge in [-0.1, -0.05) is 11.3 Å². The Balaban J connectivity index is 2.44. The number of aromatic nitrogens is 1. The SMILES string of the molecule is O=C(O)CCn1c(-c2cc(F)cc(F)c2)csc1=O. The first-order chi connectivity index (χ1) is 8.97. The highest BCUT2D eigenvalue weighted by Gasteiger charge is 2.12. The number of rotatable bonds is 4. The van der Waals surface area contributed by atoms with Crippen LogP contribution in [0.25, 0.3) is 11.3 Å². The Morgan fingerprint density at radius 3 is 2.47 bits per heavy atom. The zero-order chi connectivity index (χ0) is 14.0. The van der Waals surface area contributed by atoms with Gasteiger partial charge in [0.05, 0.1) is 12.1 Å². The van der Waals surface area contributed by atoms with E-state index in [-0.39, 0.29) is 23.4 Å². The standard InChI is InChI=1S/C12H9F2NO3S/c13-8-3-7(4-9(14)5-8)10-6-19-12(18)15(10)2-1-11(16)17/h3-6H,1-2H2,(H,16,17). The monoisotopic (exact) mass is 285 g/mol. The summed E-state index contributed by atoms with van der Waals surface area (Å²) in [6.45, 7) is -0.0366. The van der Waals surface area contributed by atoms with Gasteiger partial charge < -0.3 is 5.11 Å². The third-order valence-corrected chi connectivity index (χ3v) is 3.25. The highest BCUT2D eigenvalue weighted by molar-refractivity contribution is 7.07. The summed E-state index contributed by atoms with van der Waals surface area (Å²) in [5, 5.41) is 10.1. The Bertz CT molecular complexity index is 658. The summed E-state index contributed by atoms with van der Waals surface area (Å²) >= 11 is 0.859. The van der Waals surface area contributed by atoms with Crippen LogP contribution in [0.2, 0.25) is 0 Å². The molecule has 0 fully saturated rings. The fourth-order valence-electron chi connectivity index (χ4n) is 1.68. The smallest absolute Gasteiger partial charge is 0.307 e. The minimum absolute atomic E-state index is 0.0366. The van der Waals surface area contributed by atoms with Crippen molar-refractivity contribution in [1.82, 2.24) is 4.57 Å². The van der Waals surface area contributed by atoms with E-state index >= 15 is 0 Å². The van der Waals surface area contributed by atoms with Crippen LogP contribution >= 0.6 is 11.3 Å². The van der Waals surface area contributed by atoms with Crippen LogP contribution in [0.15, 0.2) is 28.4 Å². The largest absolute Gasteiger partial charge is 0.481 e. The molecule has 0 atom stereocenters. The molecule has 0 aliphatic heterocycles. The molecule has 0 aliphatic rings. The van der Waals surface area contributed by atoms with Crippen LogP contribution in [0.4, 0.5) is 8.78 Å². The Morgan fingerprint density at radius 1 is 1.26 bits per heavy atom. The number of aliphatic carboxylic acids is 1. The molecular weight excluding hydrogens is 276 g/mol. The van der Waals surface area contributed by atoms with E-state index in [1.54, 1.807) is 0 Å². The van der Waals surface area contributed by atoms with Crippen molar-refractivity contribution >= 4 is 17.3 Å². The number of carboxylic acids is 1. The summed E-state index contributed by atoms with van der Waals surface area (Å²) < 4.78 is 27.5. The Labute approximate surface area is 110 Å². The molecule has 1 aromatic heterocycles. The van der Waals surface area contributed by atoms with Gasteiger partial charge in [0, 0.05) is 23.6 Å². The van der Waals surface area contributed by atoms with Gasteiger partial charge in [0.1, 0.15) is 11.6 Å². The third-order valence-electron chi connectivity index (χ3n) is 2.49. The first kappa shape index (κ1) is 13.4. The molecule has 0 saturated carbocycles. The molecule has 7 heteroatoms. The molecule has 0 bridgehead atoms. The van der Waals surface area contributed by atoms with Crippen molar-refractivity contribution in [3.8, 4) is 11.3 Å². The number of nitrogens with zero attached hydrogens (tertiary/aromatic N) is 1. The zero-order valence-electron chi connectivity index (χ0n) is 9.60. The summed E-state index contributed by atoms with van der Waals surface area (Å²) in [5.74, 6) is -2.55. The van der Waals surface area contributed by atoms with Crippen molar-refractivity contribution in [1.29, 1.82) is 0 Å². The predicted octanol–water partition coefficient (Wildman–Crippen LogP) is 2.33. The summed E-state index contributed by atoms with van der Waals surface area (Å²) in [4.78, 5) is 21.8. The lowest BCUT2D eigenvalue weighted by Crippen LogP contribution is -2.16. The lowest BCUT2D eigenvalue weighted by atomic mass is 10.1. The average molecular weight is 285 g/mol. The van der Waals surface area contributed by atoms with E-state index in [0.29, 0.717) is 5.69 Å². The summed E-state index contributed by atoms with van der Waals surface area (Å²) in [6, 6.07) is 2.93. The molecule has 1 aromatic carbocycles. The molecule has 0 saturated heterocycles. The van der Waals surface area contributed by atoms with Crippen LogP contribution in [0.3, 0.4) is 0 Å². The number of hydrogen-bond donors (Lipinski definition) is 1. The van der Waals surface area contributed by atoms with E-state index in [4.69, 9.17) is 5.11 Å². The predicted molar refractivity (Wildman–Crippen MR) is 66.2 cm³/mol. The van der Waals surface area contributed by atoms with Crippen LogP contribution in [-0.2, 0) is 11.3 Å². The molecule has 100 valence electrons. The van der Waals surface area contributed by atoms with Crippen LogP contribution in [0, 0.1) is 11.6 Å². The second-order valence-electron chi connectivity index (χ2n) is 3.84. The number of thiazole rings is 1. The van der Waals surface area contributed by atoms with E-state index in [1.807, 2.05) is 0 Å². The highest BCUT2D eigenvalue weighted by Crippen LogP contribution is 2.22. The Hall–Kier alpha value is -2.02. The molecule has 0 spiro atoms. The lowest BCUT2D eigenvalue weighted by molar-refractivity contribution is -0.137. The second-order valence-corrected chi connectivity index (χ2v) is 4.66. The minimum Gasteiger partial charge on any atom is -0.481 e. The van der Waals surface area contributed by atoms with Gasteiger partial charge in [-0.2, -0.15) is 0 Å². The van der Waals surface area contributed by atoms with Crippen LogP contribution in [0.5, 0.6) is 0 Å². The molecule has 0 aliphatic carbocycles. The quantitative estimate of drug-likeness (QED) is 0.938. The molecule has 19 heavy (non-hydrogen) atoms. The molecule has 2 rings (SSSR count). The first-order valence-corrected chi connectivity index (χ1v) is 6.22. The minimum atomic E-state index is -1.05. The van der Waals surface area contributed by atoms with Crippen LogP contribution in [-0.4, -0.2) is 15.6 Å². The number of benzene rings is 1. The van der Waals surface area contributed by atoms with E-state index in [2.05, 4.69) is 0 Å². The highest BCUT2D eigenvalue weighted by atomic mass is 32.1.